The number of Topliss-reactive ketones (excluding diaryl/α,β-unsaturated/α-hetero) is 1. The number of ketones is 3. The highest BCUT2D eigenvalue weighted by atomic mass is 35.5. The molecule has 0 unspecified atom stereocenters. The maximum Gasteiger partial charge on any atom is 0.202 e. The Kier molecular flexibility index (Phi) is 9.79. The summed E-state index contributed by atoms with van der Waals surface area (Å²) < 4.78 is 29.5. The first-order valence-corrected chi connectivity index (χ1v) is 15.1. The average molecular weight is 664 g/mol. The molecule has 0 amide bonds. The zero-order valence-corrected chi connectivity index (χ0v) is 26.2. The van der Waals surface area contributed by atoms with Crippen molar-refractivity contribution in [2.75, 3.05) is 20.3 Å². The third-order valence-corrected chi connectivity index (χ3v) is 9.22. The molecule has 46 heavy (non-hydrogen) atoms. The van der Waals surface area contributed by atoms with Crippen molar-refractivity contribution in [3.8, 4) is 17.2 Å². The van der Waals surface area contributed by atoms with Gasteiger partial charge in [-0.15, -0.1) is 12.4 Å². The predicted octanol–water partition coefficient (Wildman–Crippen LogP) is 1.97. The molecule has 2 aliphatic heterocycles. The van der Waals surface area contributed by atoms with E-state index >= 15 is 0 Å². The number of methoxy groups -OCH3 is 1. The van der Waals surface area contributed by atoms with Crippen molar-refractivity contribution >= 4 is 29.8 Å². The molecule has 2 saturated heterocycles. The predicted molar refractivity (Wildman–Crippen MR) is 161 cm³/mol. The summed E-state index contributed by atoms with van der Waals surface area (Å²) in [5.74, 6) is -3.67. The number of hydrogen-bond acceptors (Lipinski definition) is 13. The van der Waals surface area contributed by atoms with Gasteiger partial charge < -0.3 is 49.8 Å². The molecule has 0 aromatic heterocycles. The number of hydrogen-bond donors (Lipinski definition) is 5. The second-order valence-electron chi connectivity index (χ2n) is 12.1. The van der Waals surface area contributed by atoms with Crippen LogP contribution >= 0.6 is 12.4 Å². The van der Waals surface area contributed by atoms with Gasteiger partial charge in [0.2, 0.25) is 5.78 Å². The van der Waals surface area contributed by atoms with Crippen molar-refractivity contribution in [3.63, 3.8) is 0 Å². The van der Waals surface area contributed by atoms with Crippen molar-refractivity contribution in [1.29, 1.82) is 0 Å². The van der Waals surface area contributed by atoms with Gasteiger partial charge in [0, 0.05) is 48.6 Å². The van der Waals surface area contributed by atoms with Gasteiger partial charge in [-0.3, -0.25) is 14.4 Å². The van der Waals surface area contributed by atoms with E-state index in [0.29, 0.717) is 6.61 Å². The van der Waals surface area contributed by atoms with Gasteiger partial charge in [0.05, 0.1) is 36.0 Å². The van der Waals surface area contributed by atoms with Crippen LogP contribution in [0.15, 0.2) is 18.2 Å². The Bertz CT molecular complexity index is 1530. The summed E-state index contributed by atoms with van der Waals surface area (Å²) in [6.45, 7) is 1.35. The van der Waals surface area contributed by atoms with Crippen molar-refractivity contribution in [2.45, 2.75) is 88.0 Å². The van der Waals surface area contributed by atoms with Gasteiger partial charge in [-0.25, -0.2) is 0 Å². The number of carbonyl (C=O) groups excluding carboxylic acids is 3. The number of fused-ring (bicyclic) bond motifs is 3. The van der Waals surface area contributed by atoms with Crippen molar-refractivity contribution in [1.82, 2.24) is 0 Å². The minimum atomic E-state index is -2.24. The van der Waals surface area contributed by atoms with Crippen LogP contribution in [0.1, 0.15) is 88.1 Å². The molecule has 250 valence electrons. The fraction of sp³-hybridized carbons (Fsp3) is 0.531. The van der Waals surface area contributed by atoms with Gasteiger partial charge in [-0.05, 0) is 32.3 Å². The van der Waals surface area contributed by atoms with Gasteiger partial charge in [-0.1, -0.05) is 12.1 Å². The highest BCUT2D eigenvalue weighted by molar-refractivity contribution is 6.31. The number of ether oxygens (including phenoxy) is 5. The van der Waals surface area contributed by atoms with E-state index in [1.54, 1.807) is 6.92 Å². The summed E-state index contributed by atoms with van der Waals surface area (Å²) in [5, 5.41) is 44.2. The number of phenols is 2. The van der Waals surface area contributed by atoms with Gasteiger partial charge in [0.15, 0.2) is 24.1 Å². The van der Waals surface area contributed by atoms with E-state index in [-0.39, 0.29) is 46.8 Å². The second kappa shape index (κ2) is 13.2. The summed E-state index contributed by atoms with van der Waals surface area (Å²) in [6, 6.07) is 3.86. The van der Waals surface area contributed by atoms with E-state index < -0.39 is 102 Å². The highest BCUT2D eigenvalue weighted by Crippen LogP contribution is 2.52. The van der Waals surface area contributed by atoms with E-state index in [1.165, 1.54) is 25.3 Å². The minimum absolute atomic E-state index is 0. The number of rotatable bonds is 7. The largest absolute Gasteiger partial charge is 0.507 e. The third-order valence-electron chi connectivity index (χ3n) is 9.22. The Morgan fingerprint density at radius 1 is 1.07 bits per heavy atom. The number of phenolic OH excluding ortho intramolecular Hbond substituents is 2. The third kappa shape index (κ3) is 5.69. The molecule has 6 rings (SSSR count). The zero-order valence-electron chi connectivity index (χ0n) is 25.4. The van der Waals surface area contributed by atoms with Crippen LogP contribution in [0, 0.1) is 0 Å². The molecule has 0 spiro atoms. The number of aliphatic hydroxyl groups is 2. The lowest BCUT2D eigenvalue weighted by Gasteiger charge is -2.43. The number of carbonyl (C=O) groups is 3. The quantitative estimate of drug-likeness (QED) is 0.230. The van der Waals surface area contributed by atoms with Gasteiger partial charge in [0.1, 0.15) is 35.6 Å². The first kappa shape index (κ1) is 34.2. The lowest BCUT2D eigenvalue weighted by molar-refractivity contribution is -0.281. The summed E-state index contributed by atoms with van der Waals surface area (Å²) in [4.78, 5) is 40.2. The standard InChI is InChI=1S/C32H37NO12.ClH/c1-14-31(45-21-8-3-4-9-42-21)17(33)10-22(43-14)44-19-12-32(40,20(35)13-34)11-16-24(19)30(39)26-25(28(16)37)27(36)15-6-5-7-18(41-2)23(15)29(26)38;/h5-7,14,17,19,21-22,31,34,37,39-40H,3-4,8-13,33H2,1-2H3;1H/t14-,17-,19-,21-,22-,31+,32-;/m0./s1. The number of halogens is 1. The van der Waals surface area contributed by atoms with Crippen LogP contribution in [-0.2, 0) is 30.2 Å². The summed E-state index contributed by atoms with van der Waals surface area (Å²) in [7, 11) is 1.34. The molecule has 7 atom stereocenters. The van der Waals surface area contributed by atoms with E-state index in [1.807, 2.05) is 0 Å². The molecule has 2 aromatic carbocycles. The number of nitrogens with two attached hydrogens (primary N) is 1. The first-order valence-electron chi connectivity index (χ1n) is 15.1. The van der Waals surface area contributed by atoms with Crippen LogP contribution in [-0.4, -0.2) is 94.5 Å². The Morgan fingerprint density at radius 2 is 1.80 bits per heavy atom. The smallest absolute Gasteiger partial charge is 0.202 e. The van der Waals surface area contributed by atoms with Crippen LogP contribution in [0.3, 0.4) is 0 Å². The summed E-state index contributed by atoms with van der Waals surface area (Å²) >= 11 is 0. The maximum atomic E-state index is 13.8. The zero-order chi connectivity index (χ0) is 32.2. The Morgan fingerprint density at radius 3 is 2.46 bits per heavy atom. The molecule has 2 heterocycles. The molecular formula is C32H38ClNO12. The molecule has 4 aliphatic rings. The monoisotopic (exact) mass is 663 g/mol. The van der Waals surface area contributed by atoms with Gasteiger partial charge in [0.25, 0.3) is 0 Å². The average Bonchev–Trinajstić information content (AvgIpc) is 3.02. The molecule has 0 bridgehead atoms. The molecule has 13 nitrogen and oxygen atoms in total. The molecule has 0 saturated carbocycles. The highest BCUT2D eigenvalue weighted by Gasteiger charge is 2.50. The van der Waals surface area contributed by atoms with Crippen molar-refractivity contribution < 1.29 is 58.5 Å². The van der Waals surface area contributed by atoms with Crippen LogP contribution in [0.5, 0.6) is 17.2 Å². The van der Waals surface area contributed by atoms with E-state index in [2.05, 4.69) is 0 Å². The van der Waals surface area contributed by atoms with Crippen molar-refractivity contribution in [3.05, 3.63) is 51.6 Å². The molecule has 2 aromatic rings. The molecule has 2 aliphatic carbocycles. The van der Waals surface area contributed by atoms with Crippen LogP contribution < -0.4 is 10.5 Å². The normalized spacial score (nSPS) is 30.5. The van der Waals surface area contributed by atoms with E-state index in [0.717, 1.165) is 19.3 Å². The first-order chi connectivity index (χ1) is 21.5. The van der Waals surface area contributed by atoms with Crippen LogP contribution in [0.25, 0.3) is 0 Å². The maximum absolute atomic E-state index is 13.8. The molecular weight excluding hydrogens is 626 g/mol. The van der Waals surface area contributed by atoms with Crippen LogP contribution in [0.2, 0.25) is 0 Å². The molecule has 14 heteroatoms. The Hall–Kier alpha value is -3.14. The Balaban J connectivity index is 0.00000417. The second-order valence-corrected chi connectivity index (χ2v) is 12.1. The minimum Gasteiger partial charge on any atom is -0.507 e. The summed E-state index contributed by atoms with van der Waals surface area (Å²) in [6.07, 6.45) is -2.03. The lowest BCUT2D eigenvalue weighted by Crippen LogP contribution is -2.55. The van der Waals surface area contributed by atoms with Gasteiger partial charge in [-0.2, -0.15) is 0 Å². The summed E-state index contributed by atoms with van der Waals surface area (Å²) in [5.41, 5.74) is 2.98. The fourth-order valence-electron chi connectivity index (χ4n) is 6.95. The number of benzene rings is 2. The van der Waals surface area contributed by atoms with Crippen molar-refractivity contribution in [2.24, 2.45) is 5.73 Å². The number of aromatic hydroxyl groups is 2. The topological polar surface area (TPSA) is 204 Å². The van der Waals surface area contributed by atoms with Crippen LogP contribution in [0.4, 0.5) is 0 Å². The lowest BCUT2D eigenvalue weighted by atomic mass is 9.72. The Labute approximate surface area is 270 Å². The molecule has 0 radical (unpaired) electrons. The van der Waals surface area contributed by atoms with E-state index in [9.17, 15) is 34.8 Å². The fourth-order valence-corrected chi connectivity index (χ4v) is 6.95. The molecule has 6 N–H and O–H groups in total. The molecule has 2 fully saturated rings. The van der Waals surface area contributed by atoms with Gasteiger partial charge >= 0.3 is 0 Å². The number of aliphatic hydroxyl groups excluding tert-OH is 1. The van der Waals surface area contributed by atoms with E-state index in [4.69, 9.17) is 29.4 Å². The SMILES string of the molecule is COc1cccc2c1C(=O)c1c(O)c3c(c(O)c1C2=O)C[C@@](O)(C(=O)CO)C[C@@H]3O[C@H]1C[C@H](N)[C@H](O[C@H]2CCCCO2)[C@H](C)O1.Cl.